The standard InChI is InChI=1S/C9H6F3N3/c1-5-13-4-15(14-5)9-3-7(11)6(10)2-8(9)12/h2-4H,1H3. The zero-order valence-corrected chi connectivity index (χ0v) is 7.71. The fourth-order valence-corrected chi connectivity index (χ4v) is 1.15. The van der Waals surface area contributed by atoms with E-state index in [4.69, 9.17) is 0 Å². The number of halogens is 3. The van der Waals surface area contributed by atoms with Crippen LogP contribution < -0.4 is 0 Å². The van der Waals surface area contributed by atoms with Crippen LogP contribution in [-0.2, 0) is 0 Å². The maximum absolute atomic E-state index is 13.2. The van der Waals surface area contributed by atoms with Crippen molar-refractivity contribution in [2.45, 2.75) is 6.92 Å². The first-order valence-corrected chi connectivity index (χ1v) is 4.11. The van der Waals surface area contributed by atoms with Crippen molar-refractivity contribution < 1.29 is 13.2 Å². The first-order valence-electron chi connectivity index (χ1n) is 4.11. The molecule has 0 amide bonds. The quantitative estimate of drug-likeness (QED) is 0.678. The van der Waals surface area contributed by atoms with E-state index in [1.165, 1.54) is 6.33 Å². The van der Waals surface area contributed by atoms with Crippen LogP contribution in [0, 0.1) is 24.4 Å². The number of aryl methyl sites for hydroxylation is 1. The van der Waals surface area contributed by atoms with Gasteiger partial charge < -0.3 is 0 Å². The Kier molecular flexibility index (Phi) is 2.18. The van der Waals surface area contributed by atoms with Crippen LogP contribution in [0.15, 0.2) is 18.5 Å². The van der Waals surface area contributed by atoms with Crippen LogP contribution in [0.25, 0.3) is 5.69 Å². The lowest BCUT2D eigenvalue weighted by Gasteiger charge is -2.02. The summed E-state index contributed by atoms with van der Waals surface area (Å²) in [6, 6.07) is 1.21. The van der Waals surface area contributed by atoms with Crippen LogP contribution in [0.2, 0.25) is 0 Å². The number of aromatic nitrogens is 3. The van der Waals surface area contributed by atoms with Crippen molar-refractivity contribution in [1.82, 2.24) is 14.8 Å². The molecule has 2 rings (SSSR count). The van der Waals surface area contributed by atoms with Crippen LogP contribution in [0.4, 0.5) is 13.2 Å². The highest BCUT2D eigenvalue weighted by Gasteiger charge is 2.12. The largest absolute Gasteiger partial charge is 0.220 e. The average Bonchev–Trinajstić information content (AvgIpc) is 2.58. The molecule has 6 heteroatoms. The van der Waals surface area contributed by atoms with Crippen molar-refractivity contribution in [3.63, 3.8) is 0 Å². The Morgan fingerprint density at radius 2 is 1.73 bits per heavy atom. The lowest BCUT2D eigenvalue weighted by molar-refractivity contribution is 0.491. The smallest absolute Gasteiger partial charge is 0.161 e. The summed E-state index contributed by atoms with van der Waals surface area (Å²) in [5.41, 5.74) is -0.172. The van der Waals surface area contributed by atoms with E-state index in [0.29, 0.717) is 11.9 Å². The average molecular weight is 213 g/mol. The number of rotatable bonds is 1. The molecule has 0 aliphatic rings. The predicted octanol–water partition coefficient (Wildman–Crippen LogP) is 1.99. The normalized spacial score (nSPS) is 10.7. The Morgan fingerprint density at radius 1 is 1.07 bits per heavy atom. The maximum Gasteiger partial charge on any atom is 0.161 e. The molecule has 78 valence electrons. The molecular weight excluding hydrogens is 207 g/mol. The summed E-state index contributed by atoms with van der Waals surface area (Å²) in [5.74, 6) is -2.83. The second-order valence-electron chi connectivity index (χ2n) is 2.95. The Bertz CT molecular complexity index is 507. The van der Waals surface area contributed by atoms with Gasteiger partial charge in [0.05, 0.1) is 0 Å². The van der Waals surface area contributed by atoms with E-state index in [1.807, 2.05) is 0 Å². The molecule has 0 radical (unpaired) electrons. The summed E-state index contributed by atoms with van der Waals surface area (Å²) in [6.45, 7) is 1.61. The highest BCUT2D eigenvalue weighted by Crippen LogP contribution is 2.16. The van der Waals surface area contributed by atoms with Gasteiger partial charge in [0, 0.05) is 12.1 Å². The van der Waals surface area contributed by atoms with E-state index in [-0.39, 0.29) is 5.69 Å². The van der Waals surface area contributed by atoms with Gasteiger partial charge in [0.15, 0.2) is 17.5 Å². The van der Waals surface area contributed by atoms with Crippen LogP contribution in [0.3, 0.4) is 0 Å². The first kappa shape index (κ1) is 9.70. The monoisotopic (exact) mass is 213 g/mol. The van der Waals surface area contributed by atoms with Crippen molar-refractivity contribution in [3.8, 4) is 5.69 Å². The molecule has 0 N–H and O–H groups in total. The Hall–Kier alpha value is -1.85. The van der Waals surface area contributed by atoms with E-state index in [2.05, 4.69) is 10.1 Å². The summed E-state index contributed by atoms with van der Waals surface area (Å²) in [6.07, 6.45) is 1.23. The Balaban J connectivity index is 2.58. The van der Waals surface area contributed by atoms with Gasteiger partial charge in [0.1, 0.15) is 17.8 Å². The molecule has 3 nitrogen and oxygen atoms in total. The minimum atomic E-state index is -1.23. The molecule has 15 heavy (non-hydrogen) atoms. The zero-order valence-electron chi connectivity index (χ0n) is 7.71. The molecule has 2 aromatic rings. The molecule has 0 spiro atoms. The minimum absolute atomic E-state index is 0.172. The van der Waals surface area contributed by atoms with Crippen molar-refractivity contribution in [2.24, 2.45) is 0 Å². The molecule has 0 bridgehead atoms. The molecule has 1 aromatic carbocycles. The van der Waals surface area contributed by atoms with Crippen LogP contribution >= 0.6 is 0 Å². The number of hydrogen-bond donors (Lipinski definition) is 0. The summed E-state index contributed by atoms with van der Waals surface area (Å²) in [4.78, 5) is 3.76. The number of nitrogens with zero attached hydrogens (tertiary/aromatic N) is 3. The second-order valence-corrected chi connectivity index (χ2v) is 2.95. The van der Waals surface area contributed by atoms with Gasteiger partial charge in [-0.1, -0.05) is 0 Å². The van der Waals surface area contributed by atoms with Gasteiger partial charge in [0.25, 0.3) is 0 Å². The van der Waals surface area contributed by atoms with Crippen LogP contribution in [0.1, 0.15) is 5.82 Å². The topological polar surface area (TPSA) is 30.7 Å². The molecule has 0 unspecified atom stereocenters. The van der Waals surface area contributed by atoms with E-state index in [9.17, 15) is 13.2 Å². The van der Waals surface area contributed by atoms with E-state index >= 15 is 0 Å². The third-order valence-electron chi connectivity index (χ3n) is 1.84. The molecule has 0 saturated heterocycles. The van der Waals surface area contributed by atoms with Gasteiger partial charge in [0.2, 0.25) is 0 Å². The van der Waals surface area contributed by atoms with Gasteiger partial charge >= 0.3 is 0 Å². The van der Waals surface area contributed by atoms with Crippen LogP contribution in [-0.4, -0.2) is 14.8 Å². The minimum Gasteiger partial charge on any atom is -0.220 e. The van der Waals surface area contributed by atoms with Gasteiger partial charge in [-0.05, 0) is 6.92 Å². The highest BCUT2D eigenvalue weighted by molar-refractivity contribution is 5.33. The van der Waals surface area contributed by atoms with Crippen LogP contribution in [0.5, 0.6) is 0 Å². The van der Waals surface area contributed by atoms with Crippen molar-refractivity contribution in [3.05, 3.63) is 41.7 Å². The van der Waals surface area contributed by atoms with E-state index in [0.717, 1.165) is 10.7 Å². The summed E-state index contributed by atoms with van der Waals surface area (Å²) >= 11 is 0. The molecule has 0 aliphatic heterocycles. The van der Waals surface area contributed by atoms with Gasteiger partial charge in [-0.25, -0.2) is 22.8 Å². The number of hydrogen-bond acceptors (Lipinski definition) is 2. The molecule has 0 fully saturated rings. The fourth-order valence-electron chi connectivity index (χ4n) is 1.15. The highest BCUT2D eigenvalue weighted by atomic mass is 19.2. The number of benzene rings is 1. The molecule has 0 atom stereocenters. The van der Waals surface area contributed by atoms with Crippen molar-refractivity contribution in [2.75, 3.05) is 0 Å². The Labute approximate surface area is 83.2 Å². The van der Waals surface area contributed by atoms with Crippen molar-refractivity contribution >= 4 is 0 Å². The van der Waals surface area contributed by atoms with Crippen molar-refractivity contribution in [1.29, 1.82) is 0 Å². The van der Waals surface area contributed by atoms with E-state index < -0.39 is 17.5 Å². The summed E-state index contributed by atoms with van der Waals surface area (Å²) < 4.78 is 39.7. The fraction of sp³-hybridized carbons (Fsp3) is 0.111. The molecule has 1 aromatic heterocycles. The molecule has 1 heterocycles. The third-order valence-corrected chi connectivity index (χ3v) is 1.84. The van der Waals surface area contributed by atoms with Gasteiger partial charge in [-0.15, -0.1) is 0 Å². The predicted molar refractivity (Wildman–Crippen MR) is 46.0 cm³/mol. The molecular formula is C9H6F3N3. The van der Waals surface area contributed by atoms with Gasteiger partial charge in [-0.3, -0.25) is 0 Å². The molecule has 0 aliphatic carbocycles. The summed E-state index contributed by atoms with van der Waals surface area (Å²) in [5, 5.41) is 3.79. The lowest BCUT2D eigenvalue weighted by Crippen LogP contribution is -2.01. The van der Waals surface area contributed by atoms with Gasteiger partial charge in [-0.2, -0.15) is 5.10 Å². The summed E-state index contributed by atoms with van der Waals surface area (Å²) in [7, 11) is 0. The third kappa shape index (κ3) is 1.70. The maximum atomic E-state index is 13.2. The Morgan fingerprint density at radius 3 is 2.33 bits per heavy atom. The lowest BCUT2D eigenvalue weighted by atomic mass is 10.3. The molecule has 0 saturated carbocycles. The first-order chi connectivity index (χ1) is 7.08. The zero-order chi connectivity index (χ0) is 11.0. The second kappa shape index (κ2) is 3.38. The SMILES string of the molecule is Cc1ncn(-c2cc(F)c(F)cc2F)n1. The van der Waals surface area contributed by atoms with E-state index in [1.54, 1.807) is 6.92 Å².